The Morgan fingerprint density at radius 3 is 2.95 bits per heavy atom. The first kappa shape index (κ1) is 15.1. The van der Waals surface area contributed by atoms with Gasteiger partial charge in [-0.1, -0.05) is 18.2 Å². The first-order valence-electron chi connectivity index (χ1n) is 7.66. The Balaban J connectivity index is 1.75. The van der Waals surface area contributed by atoms with Gasteiger partial charge >= 0.3 is 0 Å². The SMILES string of the molecule is COCCn1cc(CN2C[C@@H](OC)Cc3ccccc32)cn1. The molecule has 0 aliphatic carbocycles. The van der Waals surface area contributed by atoms with Crippen LogP contribution in [0.5, 0.6) is 0 Å². The number of benzene rings is 1. The van der Waals surface area contributed by atoms with E-state index in [1.165, 1.54) is 16.8 Å². The van der Waals surface area contributed by atoms with Crippen LogP contribution in [0.4, 0.5) is 5.69 Å². The van der Waals surface area contributed by atoms with Crippen molar-refractivity contribution in [1.29, 1.82) is 0 Å². The Hall–Kier alpha value is -1.85. The molecule has 0 spiro atoms. The monoisotopic (exact) mass is 301 g/mol. The van der Waals surface area contributed by atoms with Gasteiger partial charge in [-0.3, -0.25) is 4.68 Å². The standard InChI is InChI=1S/C17H23N3O2/c1-21-8-7-20-12-14(10-18-20)11-19-13-16(22-2)9-15-5-3-4-6-17(15)19/h3-6,10,12,16H,7-9,11,13H2,1-2H3/t16-/m0/s1. The van der Waals surface area contributed by atoms with Crippen LogP contribution >= 0.6 is 0 Å². The molecular weight excluding hydrogens is 278 g/mol. The lowest BCUT2D eigenvalue weighted by atomic mass is 9.99. The molecule has 0 amide bonds. The van der Waals surface area contributed by atoms with Gasteiger partial charge in [-0.25, -0.2) is 0 Å². The zero-order valence-electron chi connectivity index (χ0n) is 13.2. The minimum Gasteiger partial charge on any atom is -0.383 e. The number of nitrogens with zero attached hydrogens (tertiary/aromatic N) is 3. The molecule has 22 heavy (non-hydrogen) atoms. The third-order valence-electron chi connectivity index (χ3n) is 4.12. The predicted octanol–water partition coefficient (Wildman–Crippen LogP) is 2.11. The van der Waals surface area contributed by atoms with Crippen LogP contribution in [-0.4, -0.2) is 43.3 Å². The smallest absolute Gasteiger partial charge is 0.0787 e. The first-order chi connectivity index (χ1) is 10.8. The van der Waals surface area contributed by atoms with Crippen molar-refractivity contribution in [3.05, 3.63) is 47.8 Å². The highest BCUT2D eigenvalue weighted by Crippen LogP contribution is 2.29. The molecule has 0 fully saturated rings. The highest BCUT2D eigenvalue weighted by atomic mass is 16.5. The van der Waals surface area contributed by atoms with Gasteiger partial charge in [-0.05, 0) is 11.6 Å². The van der Waals surface area contributed by atoms with E-state index in [0.717, 1.165) is 26.1 Å². The highest BCUT2D eigenvalue weighted by Gasteiger charge is 2.24. The lowest BCUT2D eigenvalue weighted by molar-refractivity contribution is 0.104. The molecule has 2 aromatic rings. The molecule has 0 saturated carbocycles. The fourth-order valence-corrected chi connectivity index (χ4v) is 2.97. The van der Waals surface area contributed by atoms with Crippen LogP contribution in [0.2, 0.25) is 0 Å². The average molecular weight is 301 g/mol. The van der Waals surface area contributed by atoms with E-state index < -0.39 is 0 Å². The van der Waals surface area contributed by atoms with E-state index in [1.807, 2.05) is 10.9 Å². The van der Waals surface area contributed by atoms with Crippen molar-refractivity contribution in [3.63, 3.8) is 0 Å². The lowest BCUT2D eigenvalue weighted by Gasteiger charge is -2.35. The molecule has 5 heteroatoms. The Kier molecular flexibility index (Phi) is 4.75. The first-order valence-corrected chi connectivity index (χ1v) is 7.66. The van der Waals surface area contributed by atoms with Crippen molar-refractivity contribution in [1.82, 2.24) is 9.78 Å². The van der Waals surface area contributed by atoms with Gasteiger partial charge in [0.1, 0.15) is 0 Å². The van der Waals surface area contributed by atoms with Gasteiger partial charge in [-0.2, -0.15) is 5.10 Å². The molecule has 118 valence electrons. The third kappa shape index (κ3) is 3.31. The average Bonchev–Trinajstić information content (AvgIpc) is 3.00. The molecule has 1 aromatic heterocycles. The second-order valence-corrected chi connectivity index (χ2v) is 5.68. The van der Waals surface area contributed by atoms with E-state index in [2.05, 4.69) is 40.5 Å². The van der Waals surface area contributed by atoms with Crippen molar-refractivity contribution in [3.8, 4) is 0 Å². The van der Waals surface area contributed by atoms with Crippen LogP contribution in [0, 0.1) is 0 Å². The summed E-state index contributed by atoms with van der Waals surface area (Å²) in [6.45, 7) is 3.23. The lowest BCUT2D eigenvalue weighted by Crippen LogP contribution is -2.39. The van der Waals surface area contributed by atoms with Crippen LogP contribution in [0.3, 0.4) is 0 Å². The second kappa shape index (κ2) is 6.94. The van der Waals surface area contributed by atoms with Crippen molar-refractivity contribution in [2.45, 2.75) is 25.6 Å². The summed E-state index contributed by atoms with van der Waals surface area (Å²) in [5, 5.41) is 4.39. The minimum atomic E-state index is 0.249. The molecule has 0 bridgehead atoms. The minimum absolute atomic E-state index is 0.249. The molecule has 0 N–H and O–H groups in total. The number of para-hydroxylation sites is 1. The summed E-state index contributed by atoms with van der Waals surface area (Å²) in [4.78, 5) is 2.38. The van der Waals surface area contributed by atoms with Gasteiger partial charge < -0.3 is 14.4 Å². The fourth-order valence-electron chi connectivity index (χ4n) is 2.97. The Morgan fingerprint density at radius 1 is 1.27 bits per heavy atom. The molecule has 1 aromatic carbocycles. The molecule has 0 saturated heterocycles. The van der Waals surface area contributed by atoms with Crippen molar-refractivity contribution < 1.29 is 9.47 Å². The van der Waals surface area contributed by atoms with Gasteiger partial charge in [0.05, 0.1) is 25.5 Å². The molecule has 1 aliphatic heterocycles. The van der Waals surface area contributed by atoms with Crippen molar-refractivity contribution >= 4 is 5.69 Å². The maximum atomic E-state index is 5.60. The molecule has 2 heterocycles. The number of anilines is 1. The molecule has 3 rings (SSSR count). The number of ether oxygens (including phenoxy) is 2. The van der Waals surface area contributed by atoms with Gasteiger partial charge in [-0.15, -0.1) is 0 Å². The number of hydrogen-bond acceptors (Lipinski definition) is 4. The second-order valence-electron chi connectivity index (χ2n) is 5.68. The summed E-state index contributed by atoms with van der Waals surface area (Å²) in [6.07, 6.45) is 5.27. The Labute approximate surface area is 131 Å². The quantitative estimate of drug-likeness (QED) is 0.819. The zero-order valence-corrected chi connectivity index (χ0v) is 13.2. The zero-order chi connectivity index (χ0) is 15.4. The van der Waals surface area contributed by atoms with Gasteiger partial charge in [0.15, 0.2) is 0 Å². The number of fused-ring (bicyclic) bond motifs is 1. The molecule has 1 atom stereocenters. The van der Waals surface area contributed by atoms with Crippen LogP contribution < -0.4 is 4.90 Å². The molecule has 0 unspecified atom stereocenters. The largest absolute Gasteiger partial charge is 0.383 e. The van der Waals surface area contributed by atoms with Crippen LogP contribution in [-0.2, 0) is 29.0 Å². The summed E-state index contributed by atoms with van der Waals surface area (Å²) in [6, 6.07) is 8.57. The number of methoxy groups -OCH3 is 2. The maximum Gasteiger partial charge on any atom is 0.0787 e. The number of aromatic nitrogens is 2. The van der Waals surface area contributed by atoms with Gasteiger partial charge in [0, 0.05) is 51.2 Å². The molecular formula is C17H23N3O2. The van der Waals surface area contributed by atoms with E-state index >= 15 is 0 Å². The normalized spacial score (nSPS) is 17.5. The summed E-state index contributed by atoms with van der Waals surface area (Å²) < 4.78 is 12.6. The summed E-state index contributed by atoms with van der Waals surface area (Å²) in [5.41, 5.74) is 3.87. The van der Waals surface area contributed by atoms with E-state index in [9.17, 15) is 0 Å². The highest BCUT2D eigenvalue weighted by molar-refractivity contribution is 5.56. The van der Waals surface area contributed by atoms with Crippen LogP contribution in [0.25, 0.3) is 0 Å². The number of hydrogen-bond donors (Lipinski definition) is 0. The maximum absolute atomic E-state index is 5.60. The van der Waals surface area contributed by atoms with E-state index in [0.29, 0.717) is 6.61 Å². The molecule has 1 aliphatic rings. The Bertz CT molecular complexity index is 611. The molecule has 0 radical (unpaired) electrons. The van der Waals surface area contributed by atoms with Gasteiger partial charge in [0.2, 0.25) is 0 Å². The third-order valence-corrected chi connectivity index (χ3v) is 4.12. The van der Waals surface area contributed by atoms with E-state index in [4.69, 9.17) is 9.47 Å². The van der Waals surface area contributed by atoms with E-state index in [-0.39, 0.29) is 6.10 Å². The molecule has 5 nitrogen and oxygen atoms in total. The van der Waals surface area contributed by atoms with Crippen LogP contribution in [0.1, 0.15) is 11.1 Å². The van der Waals surface area contributed by atoms with Crippen molar-refractivity contribution in [2.75, 3.05) is 32.3 Å². The Morgan fingerprint density at radius 2 is 2.14 bits per heavy atom. The topological polar surface area (TPSA) is 39.5 Å². The van der Waals surface area contributed by atoms with Gasteiger partial charge in [0.25, 0.3) is 0 Å². The van der Waals surface area contributed by atoms with Crippen molar-refractivity contribution in [2.24, 2.45) is 0 Å². The predicted molar refractivity (Wildman–Crippen MR) is 86.1 cm³/mol. The number of rotatable bonds is 6. The van der Waals surface area contributed by atoms with E-state index in [1.54, 1.807) is 14.2 Å². The van der Waals surface area contributed by atoms with Crippen LogP contribution in [0.15, 0.2) is 36.7 Å². The summed E-state index contributed by atoms with van der Waals surface area (Å²) in [7, 11) is 3.50. The fraction of sp³-hybridized carbons (Fsp3) is 0.471. The summed E-state index contributed by atoms with van der Waals surface area (Å²) >= 11 is 0. The summed E-state index contributed by atoms with van der Waals surface area (Å²) in [5.74, 6) is 0.